The Labute approximate surface area is 351 Å². The first kappa shape index (κ1) is 55.8. The van der Waals surface area contributed by atoms with Gasteiger partial charge in [-0.25, -0.2) is 4.57 Å². The number of carbonyl (C=O) groups is 2. The van der Waals surface area contributed by atoms with Crippen LogP contribution >= 0.6 is 7.82 Å². The van der Waals surface area contributed by atoms with Gasteiger partial charge in [0.05, 0.1) is 13.2 Å². The number of hydrogen-bond acceptors (Lipinski definition) is 8. The molecule has 0 rings (SSSR count). The van der Waals surface area contributed by atoms with Crippen LogP contribution in [0.15, 0.2) is 12.2 Å². The van der Waals surface area contributed by atoms with Crippen molar-refractivity contribution in [2.45, 2.75) is 251 Å². The summed E-state index contributed by atoms with van der Waals surface area (Å²) in [6.45, 7) is 3.74. The van der Waals surface area contributed by atoms with Gasteiger partial charge in [-0.2, -0.15) is 0 Å². The van der Waals surface area contributed by atoms with Crippen molar-refractivity contribution < 1.29 is 37.6 Å². The molecule has 0 fully saturated rings. The molecule has 0 aromatic heterocycles. The standard InChI is InChI=1S/C47H92NO8P/c1-3-5-7-9-11-13-14-15-16-17-18-19-20-21-22-23-24-25-26-27-28-29-30-32-34-36-38-40-47(50)56-45(44-55-57(51,52)54-42-41-48)43-53-46(49)39-37-35-33-31-12-10-8-6-4-2/h17-18,45H,3-16,19-44,48H2,1-2H3,(H,51,52)/b18-17-. The number of phosphoric acid groups is 1. The summed E-state index contributed by atoms with van der Waals surface area (Å²) in [7, 11) is -4.37. The molecule has 0 heterocycles. The number of carbonyl (C=O) groups excluding carboxylic acids is 2. The van der Waals surface area contributed by atoms with Crippen LogP contribution in [0.1, 0.15) is 245 Å². The molecule has 338 valence electrons. The minimum atomic E-state index is -4.37. The Balaban J connectivity index is 3.88. The molecule has 2 unspecified atom stereocenters. The summed E-state index contributed by atoms with van der Waals surface area (Å²) in [5.74, 6) is -0.819. The van der Waals surface area contributed by atoms with Gasteiger partial charge in [-0.05, 0) is 38.5 Å². The molecule has 2 atom stereocenters. The zero-order chi connectivity index (χ0) is 41.8. The van der Waals surface area contributed by atoms with Crippen molar-refractivity contribution >= 4 is 19.8 Å². The zero-order valence-electron chi connectivity index (χ0n) is 37.3. The topological polar surface area (TPSA) is 134 Å². The van der Waals surface area contributed by atoms with Crippen molar-refractivity contribution in [1.82, 2.24) is 0 Å². The lowest BCUT2D eigenvalue weighted by Gasteiger charge is -2.19. The quantitative estimate of drug-likeness (QED) is 0.0266. The highest BCUT2D eigenvalue weighted by atomic mass is 31.2. The number of rotatable bonds is 46. The maximum absolute atomic E-state index is 12.6. The van der Waals surface area contributed by atoms with Crippen LogP contribution in [0.25, 0.3) is 0 Å². The Morgan fingerprint density at radius 3 is 1.25 bits per heavy atom. The maximum atomic E-state index is 12.6. The summed E-state index contributed by atoms with van der Waals surface area (Å²) in [4.78, 5) is 34.8. The van der Waals surface area contributed by atoms with Crippen LogP contribution in [0.3, 0.4) is 0 Å². The maximum Gasteiger partial charge on any atom is 0.472 e. The van der Waals surface area contributed by atoms with Crippen LogP contribution in [0, 0.1) is 0 Å². The average molecular weight is 830 g/mol. The smallest absolute Gasteiger partial charge is 0.462 e. The van der Waals surface area contributed by atoms with Gasteiger partial charge in [0.25, 0.3) is 0 Å². The van der Waals surface area contributed by atoms with Gasteiger partial charge in [0, 0.05) is 19.4 Å². The van der Waals surface area contributed by atoms with Crippen LogP contribution in [-0.4, -0.2) is 49.3 Å². The van der Waals surface area contributed by atoms with Crippen molar-refractivity contribution in [3.05, 3.63) is 12.2 Å². The molecule has 0 aromatic carbocycles. The van der Waals surface area contributed by atoms with Gasteiger partial charge in [0.1, 0.15) is 6.61 Å². The van der Waals surface area contributed by atoms with E-state index in [1.54, 1.807) is 0 Å². The lowest BCUT2D eigenvalue weighted by Crippen LogP contribution is -2.29. The highest BCUT2D eigenvalue weighted by molar-refractivity contribution is 7.47. The summed E-state index contributed by atoms with van der Waals surface area (Å²) in [6.07, 6.45) is 47.0. The second-order valence-electron chi connectivity index (χ2n) is 16.3. The first-order chi connectivity index (χ1) is 27.8. The van der Waals surface area contributed by atoms with E-state index in [0.29, 0.717) is 6.42 Å². The van der Waals surface area contributed by atoms with Crippen molar-refractivity contribution in [1.29, 1.82) is 0 Å². The molecular weight excluding hydrogens is 737 g/mol. The van der Waals surface area contributed by atoms with E-state index in [1.165, 1.54) is 180 Å². The van der Waals surface area contributed by atoms with Gasteiger partial charge in [0.15, 0.2) is 6.10 Å². The third kappa shape index (κ3) is 44.1. The predicted molar refractivity (Wildman–Crippen MR) is 238 cm³/mol. The minimum Gasteiger partial charge on any atom is -0.462 e. The molecule has 9 nitrogen and oxygen atoms in total. The predicted octanol–water partition coefficient (Wildman–Crippen LogP) is 14.2. The summed E-state index contributed by atoms with van der Waals surface area (Å²) in [6, 6.07) is 0. The van der Waals surface area contributed by atoms with E-state index in [9.17, 15) is 19.0 Å². The van der Waals surface area contributed by atoms with E-state index in [0.717, 1.165) is 32.1 Å². The van der Waals surface area contributed by atoms with Crippen LogP contribution in [0.5, 0.6) is 0 Å². The van der Waals surface area contributed by atoms with Gasteiger partial charge >= 0.3 is 19.8 Å². The molecular formula is C47H92NO8P. The highest BCUT2D eigenvalue weighted by Gasteiger charge is 2.26. The van der Waals surface area contributed by atoms with E-state index < -0.39 is 26.5 Å². The molecule has 0 radical (unpaired) electrons. The molecule has 0 aliphatic carbocycles. The lowest BCUT2D eigenvalue weighted by atomic mass is 10.0. The van der Waals surface area contributed by atoms with E-state index in [-0.39, 0.29) is 38.6 Å². The molecule has 0 saturated heterocycles. The Bertz CT molecular complexity index is 948. The molecule has 0 aliphatic rings. The van der Waals surface area contributed by atoms with Gasteiger partial charge < -0.3 is 20.1 Å². The summed E-state index contributed by atoms with van der Waals surface area (Å²) in [5, 5.41) is 0. The molecule has 0 aromatic rings. The van der Waals surface area contributed by atoms with Crippen molar-refractivity contribution in [3.8, 4) is 0 Å². The van der Waals surface area contributed by atoms with Crippen LogP contribution < -0.4 is 5.73 Å². The fourth-order valence-corrected chi connectivity index (χ4v) is 7.81. The van der Waals surface area contributed by atoms with E-state index >= 15 is 0 Å². The van der Waals surface area contributed by atoms with Gasteiger partial charge in [-0.15, -0.1) is 0 Å². The number of nitrogens with two attached hydrogens (primary N) is 1. The molecule has 0 bridgehead atoms. The van der Waals surface area contributed by atoms with Crippen LogP contribution in [-0.2, 0) is 32.7 Å². The van der Waals surface area contributed by atoms with Crippen LogP contribution in [0.4, 0.5) is 0 Å². The molecule has 0 amide bonds. The van der Waals surface area contributed by atoms with E-state index in [2.05, 4.69) is 26.0 Å². The largest absolute Gasteiger partial charge is 0.472 e. The second-order valence-corrected chi connectivity index (χ2v) is 17.8. The number of ether oxygens (including phenoxy) is 2. The van der Waals surface area contributed by atoms with Crippen LogP contribution in [0.2, 0.25) is 0 Å². The first-order valence-corrected chi connectivity index (χ1v) is 25.7. The summed E-state index contributed by atoms with van der Waals surface area (Å²) < 4.78 is 32.8. The third-order valence-corrected chi connectivity index (χ3v) is 11.6. The fourth-order valence-electron chi connectivity index (χ4n) is 7.04. The number of unbranched alkanes of at least 4 members (excludes halogenated alkanes) is 31. The fraction of sp³-hybridized carbons (Fsp3) is 0.915. The number of esters is 2. The zero-order valence-corrected chi connectivity index (χ0v) is 38.2. The Hall–Kier alpha value is -1.25. The monoisotopic (exact) mass is 830 g/mol. The van der Waals surface area contributed by atoms with E-state index in [4.69, 9.17) is 24.3 Å². The molecule has 0 spiro atoms. The number of hydrogen-bond donors (Lipinski definition) is 2. The third-order valence-electron chi connectivity index (χ3n) is 10.7. The van der Waals surface area contributed by atoms with Crippen molar-refractivity contribution in [2.75, 3.05) is 26.4 Å². The van der Waals surface area contributed by atoms with Crippen molar-refractivity contribution in [2.24, 2.45) is 5.73 Å². The van der Waals surface area contributed by atoms with Gasteiger partial charge in [-0.1, -0.05) is 206 Å². The SMILES string of the molecule is CCCCCCCCCC/C=C\CCCCCCCCCCCCCCCCCC(=O)OC(COC(=O)CCCCCCCCCCC)COP(=O)(O)OCCN. The van der Waals surface area contributed by atoms with Gasteiger partial charge in [0.2, 0.25) is 0 Å². The molecule has 10 heteroatoms. The molecule has 0 aliphatic heterocycles. The Kier molecular flexibility index (Phi) is 43.3. The molecule has 0 saturated carbocycles. The van der Waals surface area contributed by atoms with E-state index in [1.807, 2.05) is 0 Å². The number of allylic oxidation sites excluding steroid dienone is 2. The molecule has 57 heavy (non-hydrogen) atoms. The number of phosphoric ester groups is 1. The summed E-state index contributed by atoms with van der Waals surface area (Å²) in [5.41, 5.74) is 5.35. The molecule has 3 N–H and O–H groups in total. The minimum absolute atomic E-state index is 0.0567. The highest BCUT2D eigenvalue weighted by Crippen LogP contribution is 2.43. The lowest BCUT2D eigenvalue weighted by molar-refractivity contribution is -0.161. The normalized spacial score (nSPS) is 13.3. The summed E-state index contributed by atoms with van der Waals surface area (Å²) >= 11 is 0. The Morgan fingerprint density at radius 2 is 0.860 bits per heavy atom. The van der Waals surface area contributed by atoms with Gasteiger partial charge in [-0.3, -0.25) is 18.6 Å². The van der Waals surface area contributed by atoms with Crippen molar-refractivity contribution in [3.63, 3.8) is 0 Å². The first-order valence-electron chi connectivity index (χ1n) is 24.2. The Morgan fingerprint density at radius 1 is 0.509 bits per heavy atom. The average Bonchev–Trinajstić information content (AvgIpc) is 3.20. The second kappa shape index (κ2) is 44.3.